The second-order valence-electron chi connectivity index (χ2n) is 15.5. The maximum atomic E-state index is 12.4. The van der Waals surface area contributed by atoms with Crippen LogP contribution >= 0.6 is 0 Å². The van der Waals surface area contributed by atoms with Crippen LogP contribution in [0.25, 0.3) is 0 Å². The Kier molecular flexibility index (Phi) is 18.1. The van der Waals surface area contributed by atoms with Crippen LogP contribution in [0.4, 0.5) is 0 Å². The van der Waals surface area contributed by atoms with E-state index < -0.39 is 198 Å². The van der Waals surface area contributed by atoms with Crippen LogP contribution in [-0.2, 0) is 52.2 Å². The van der Waals surface area contributed by atoms with Gasteiger partial charge in [-0.3, -0.25) is 9.59 Å². The van der Waals surface area contributed by atoms with Gasteiger partial charge in [-0.05, 0) is 0 Å². The molecule has 17 N–H and O–H groups in total. The number of amides is 2. The highest BCUT2D eigenvalue weighted by Crippen LogP contribution is 2.35. The molecule has 0 aromatic rings. The first kappa shape index (κ1) is 51.0. The van der Waals surface area contributed by atoms with E-state index in [0.29, 0.717) is 0 Å². The van der Waals surface area contributed by atoms with E-state index in [2.05, 4.69) is 10.6 Å². The van der Waals surface area contributed by atoms with Gasteiger partial charge in [-0.1, -0.05) is 0 Å². The van der Waals surface area contributed by atoms with Gasteiger partial charge >= 0.3 is 0 Å². The van der Waals surface area contributed by atoms with Gasteiger partial charge in [0.1, 0.15) is 122 Å². The van der Waals surface area contributed by atoms with E-state index in [0.717, 1.165) is 13.8 Å². The van der Waals surface area contributed by atoms with E-state index in [1.54, 1.807) is 0 Å². The van der Waals surface area contributed by atoms with Crippen molar-refractivity contribution < 1.29 is 129 Å². The van der Waals surface area contributed by atoms with E-state index in [1.807, 2.05) is 0 Å². The van der Waals surface area contributed by atoms with E-state index in [-0.39, 0.29) is 0 Å². The first-order valence-corrected chi connectivity index (χ1v) is 19.6. The Morgan fingerprint density at radius 3 is 1.35 bits per heavy atom. The van der Waals surface area contributed by atoms with Crippen LogP contribution < -0.4 is 10.6 Å². The molecule has 0 bridgehead atoms. The summed E-state index contributed by atoms with van der Waals surface area (Å²) in [6, 6.07) is -3.19. The van der Waals surface area contributed by atoms with Gasteiger partial charge in [-0.2, -0.15) is 0 Å². The molecule has 62 heavy (non-hydrogen) atoms. The molecule has 28 heteroatoms. The Morgan fingerprint density at radius 2 is 0.823 bits per heavy atom. The summed E-state index contributed by atoms with van der Waals surface area (Å²) < 4.78 is 50.8. The first-order chi connectivity index (χ1) is 29.3. The molecule has 5 fully saturated rings. The van der Waals surface area contributed by atoms with Gasteiger partial charge in [-0.25, -0.2) is 0 Å². The zero-order valence-corrected chi connectivity index (χ0v) is 33.2. The van der Waals surface area contributed by atoms with E-state index in [1.165, 1.54) is 0 Å². The fourth-order valence-corrected chi connectivity index (χ4v) is 7.73. The van der Waals surface area contributed by atoms with Crippen LogP contribution in [0.15, 0.2) is 0 Å². The minimum absolute atomic E-state index is 0.693. The average Bonchev–Trinajstić information content (AvgIpc) is 3.23. The van der Waals surface area contributed by atoms with Gasteiger partial charge in [0.2, 0.25) is 11.8 Å². The summed E-state index contributed by atoms with van der Waals surface area (Å²) in [6.07, 6.45) is -42.3. The Labute approximate surface area is 351 Å². The van der Waals surface area contributed by atoms with Gasteiger partial charge in [0, 0.05) is 13.8 Å². The summed E-state index contributed by atoms with van der Waals surface area (Å²) in [7, 11) is 0. The molecule has 5 heterocycles. The number of aliphatic hydroxyl groups is 15. The lowest BCUT2D eigenvalue weighted by Crippen LogP contribution is -2.70. The molecule has 0 aliphatic carbocycles. The van der Waals surface area contributed by atoms with Gasteiger partial charge < -0.3 is 130 Å². The van der Waals surface area contributed by atoms with Crippen LogP contribution in [0.1, 0.15) is 13.8 Å². The van der Waals surface area contributed by atoms with Crippen LogP contribution in [0, 0.1) is 0 Å². The van der Waals surface area contributed by atoms with Gasteiger partial charge in [0.05, 0.1) is 33.0 Å². The summed E-state index contributed by atoms with van der Waals surface area (Å²) in [5.74, 6) is -1.49. The lowest BCUT2D eigenvalue weighted by molar-refractivity contribution is -0.384. The first-order valence-electron chi connectivity index (χ1n) is 19.6. The number of aliphatic hydroxyl groups excluding tert-OH is 15. The lowest BCUT2D eigenvalue weighted by Gasteiger charge is -2.50. The SMILES string of the molecule is CC(=O)N[C@@H]1[C@@H](O)[C@H](O[C@@H]2O[C@H](CO)[C@@H](O[C@H]3O[C@H](CO[C@@H]4O[C@H](CO)[C@@H](O)[C@H](O)[C@@H]4O)[C@@H](O)[C@H](O[C@H]4O[C@H](CO)[C@@H](O)[C@H](O)[C@@H]4O)[C@@H]3O)[C@H](O)[C@H]2NC(C)=O)[C@@H](CO)O[C@H]1O. The largest absolute Gasteiger partial charge is 0.394 e. The number of hydrogen-bond donors (Lipinski definition) is 17. The van der Waals surface area contributed by atoms with Gasteiger partial charge in [0.25, 0.3) is 0 Å². The maximum absolute atomic E-state index is 12.4. The summed E-state index contributed by atoms with van der Waals surface area (Å²) >= 11 is 0. The van der Waals surface area contributed by atoms with Crippen molar-refractivity contribution in [2.75, 3.05) is 33.0 Å². The van der Waals surface area contributed by atoms with Crippen LogP contribution in [0.5, 0.6) is 0 Å². The minimum Gasteiger partial charge on any atom is -0.394 e. The smallest absolute Gasteiger partial charge is 0.217 e. The number of rotatable bonds is 15. The molecule has 5 aliphatic heterocycles. The van der Waals surface area contributed by atoms with Crippen molar-refractivity contribution in [3.05, 3.63) is 0 Å². The van der Waals surface area contributed by atoms with E-state index in [4.69, 9.17) is 42.6 Å². The van der Waals surface area contributed by atoms with Crippen LogP contribution in [-0.4, -0.2) is 275 Å². The number of ether oxygens (including phenoxy) is 9. The van der Waals surface area contributed by atoms with Crippen molar-refractivity contribution in [3.8, 4) is 0 Å². The third kappa shape index (κ3) is 11.0. The number of hydrogen-bond acceptors (Lipinski definition) is 26. The standard InChI is InChI=1S/C34H58N2O26/c1-8(41)35-15-20(46)27(12(5-39)55-30(15)53)60-31-16(36-9(2)42)21(47)28(13(6-40)58-31)61-34-26(52)29(62-33-25(51)23(49)18(44)11(4-38)57-33)19(45)14(59-34)7-54-32-24(50)22(48)17(43)10(3-37)56-32/h10-34,37-40,43-53H,3-7H2,1-2H3,(H,35,41)(H,36,42)/t10-,11-,12-,13-,14-,15-,16-,17-,18-,19-,20-,21-,22+,23+,24+,25+,26+,27-,28-,29+,30-,31+,32-,33-,34-/m1/s1. The summed E-state index contributed by atoms with van der Waals surface area (Å²) in [5.41, 5.74) is 0. The molecule has 25 atom stereocenters. The molecule has 0 aromatic carbocycles. The number of nitrogens with one attached hydrogen (secondary N) is 2. The molecule has 0 unspecified atom stereocenters. The zero-order chi connectivity index (χ0) is 45.9. The number of carbonyl (C=O) groups excluding carboxylic acids is 2. The monoisotopic (exact) mass is 910 g/mol. The highest BCUT2D eigenvalue weighted by molar-refractivity contribution is 5.73. The van der Waals surface area contributed by atoms with Crippen LogP contribution in [0.2, 0.25) is 0 Å². The van der Waals surface area contributed by atoms with Crippen molar-refractivity contribution in [1.29, 1.82) is 0 Å². The predicted octanol–water partition coefficient (Wildman–Crippen LogP) is -11.6. The topological polar surface area (TPSA) is 445 Å². The van der Waals surface area contributed by atoms with E-state index >= 15 is 0 Å². The Balaban J connectivity index is 1.41. The fraction of sp³-hybridized carbons (Fsp3) is 0.941. The van der Waals surface area contributed by atoms with Crippen molar-refractivity contribution in [2.45, 2.75) is 167 Å². The van der Waals surface area contributed by atoms with Crippen molar-refractivity contribution in [3.63, 3.8) is 0 Å². The van der Waals surface area contributed by atoms with Gasteiger partial charge in [-0.15, -0.1) is 0 Å². The predicted molar refractivity (Wildman–Crippen MR) is 190 cm³/mol. The molecule has 0 radical (unpaired) electrons. The zero-order valence-electron chi connectivity index (χ0n) is 33.2. The fourth-order valence-electron chi connectivity index (χ4n) is 7.73. The Morgan fingerprint density at radius 1 is 0.419 bits per heavy atom. The molecule has 0 aromatic heterocycles. The minimum atomic E-state index is -2.18. The van der Waals surface area contributed by atoms with E-state index in [9.17, 15) is 86.2 Å². The molecule has 5 saturated heterocycles. The molecule has 5 rings (SSSR count). The molecular weight excluding hydrogens is 852 g/mol. The summed E-state index contributed by atoms with van der Waals surface area (Å²) in [5, 5.41) is 163. The quantitative estimate of drug-likeness (QED) is 0.0725. The summed E-state index contributed by atoms with van der Waals surface area (Å²) in [6.45, 7) is -2.31. The molecule has 360 valence electrons. The van der Waals surface area contributed by atoms with Crippen molar-refractivity contribution in [2.24, 2.45) is 0 Å². The third-order valence-electron chi connectivity index (χ3n) is 11.1. The molecule has 0 saturated carbocycles. The second kappa shape index (κ2) is 22.0. The molecule has 28 nitrogen and oxygen atoms in total. The number of carbonyl (C=O) groups is 2. The normalized spacial score (nSPS) is 49.0. The van der Waals surface area contributed by atoms with Gasteiger partial charge in [0.15, 0.2) is 31.5 Å². The second-order valence-corrected chi connectivity index (χ2v) is 15.5. The van der Waals surface area contributed by atoms with Crippen molar-refractivity contribution >= 4 is 11.8 Å². The average molecular weight is 911 g/mol. The highest BCUT2D eigenvalue weighted by Gasteiger charge is 2.56. The highest BCUT2D eigenvalue weighted by atomic mass is 16.8. The summed E-state index contributed by atoms with van der Waals surface area (Å²) in [4.78, 5) is 24.2. The molecular formula is C34H58N2O26. The van der Waals surface area contributed by atoms with Crippen molar-refractivity contribution in [1.82, 2.24) is 10.6 Å². The van der Waals surface area contributed by atoms with Crippen LogP contribution in [0.3, 0.4) is 0 Å². The Bertz CT molecular complexity index is 1440. The third-order valence-corrected chi connectivity index (χ3v) is 11.1. The molecule has 5 aliphatic rings. The maximum Gasteiger partial charge on any atom is 0.217 e. The lowest BCUT2D eigenvalue weighted by atomic mass is 9.94. The Hall–Kier alpha value is -2.02. The molecule has 0 spiro atoms. The molecule has 2 amide bonds.